The number of primary sulfonamides is 1. The van der Waals surface area contributed by atoms with E-state index in [1.54, 1.807) is 12.1 Å². The monoisotopic (exact) mass is 313 g/mol. The van der Waals surface area contributed by atoms with Gasteiger partial charge in [-0.1, -0.05) is 12.1 Å². The summed E-state index contributed by atoms with van der Waals surface area (Å²) in [7, 11) is -3.73. The minimum Gasteiger partial charge on any atom is -0.363 e. The van der Waals surface area contributed by atoms with E-state index in [-0.39, 0.29) is 29.6 Å². The SMILES string of the molecule is CC1(OCC(=O)NCc2cccc(S(N)(=O)=O)c2)CNC1. The van der Waals surface area contributed by atoms with Crippen molar-refractivity contribution in [3.8, 4) is 0 Å². The fraction of sp³-hybridized carbons (Fsp3) is 0.462. The van der Waals surface area contributed by atoms with Gasteiger partial charge in [-0.2, -0.15) is 0 Å². The molecular weight excluding hydrogens is 294 g/mol. The van der Waals surface area contributed by atoms with Gasteiger partial charge in [0.1, 0.15) is 6.61 Å². The molecule has 0 atom stereocenters. The van der Waals surface area contributed by atoms with E-state index in [0.717, 1.165) is 13.1 Å². The standard InChI is InChI=1S/C13H19N3O4S/c1-13(8-15-9-13)20-7-12(17)16-6-10-3-2-4-11(5-10)21(14,18)19/h2-5,15H,6-9H2,1H3,(H,16,17)(H2,14,18,19). The molecule has 8 heteroatoms. The van der Waals surface area contributed by atoms with Crippen LogP contribution < -0.4 is 15.8 Å². The Kier molecular flexibility index (Phi) is 4.62. The molecule has 1 aliphatic heterocycles. The van der Waals surface area contributed by atoms with Crippen molar-refractivity contribution in [1.82, 2.24) is 10.6 Å². The number of benzene rings is 1. The fourth-order valence-corrected chi connectivity index (χ4v) is 2.49. The molecule has 0 spiro atoms. The van der Waals surface area contributed by atoms with Gasteiger partial charge in [-0.25, -0.2) is 13.6 Å². The molecule has 21 heavy (non-hydrogen) atoms. The maximum atomic E-state index is 11.7. The second kappa shape index (κ2) is 6.10. The predicted octanol–water partition coefficient (Wildman–Crippen LogP) is -0.671. The minimum absolute atomic E-state index is 0.0208. The molecule has 1 aliphatic rings. The molecule has 0 unspecified atom stereocenters. The van der Waals surface area contributed by atoms with Crippen molar-refractivity contribution in [2.45, 2.75) is 24.0 Å². The minimum atomic E-state index is -3.73. The van der Waals surface area contributed by atoms with E-state index in [1.165, 1.54) is 12.1 Å². The van der Waals surface area contributed by atoms with Crippen LogP contribution in [-0.2, 0) is 26.1 Å². The van der Waals surface area contributed by atoms with Crippen molar-refractivity contribution < 1.29 is 17.9 Å². The van der Waals surface area contributed by atoms with E-state index in [4.69, 9.17) is 9.88 Å². The van der Waals surface area contributed by atoms with E-state index in [0.29, 0.717) is 5.56 Å². The molecule has 1 fully saturated rings. The van der Waals surface area contributed by atoms with E-state index in [9.17, 15) is 13.2 Å². The second-order valence-corrected chi connectivity index (χ2v) is 6.87. The summed E-state index contributed by atoms with van der Waals surface area (Å²) in [6.07, 6.45) is 0. The third kappa shape index (κ3) is 4.50. The Morgan fingerprint density at radius 2 is 2.19 bits per heavy atom. The number of rotatable bonds is 6. The van der Waals surface area contributed by atoms with Crippen molar-refractivity contribution in [2.75, 3.05) is 19.7 Å². The molecule has 2 rings (SSSR count). The Bertz CT molecular complexity index is 626. The summed E-state index contributed by atoms with van der Waals surface area (Å²) in [5, 5.41) is 10.8. The first-order valence-electron chi connectivity index (χ1n) is 6.52. The second-order valence-electron chi connectivity index (χ2n) is 5.31. The lowest BCUT2D eigenvalue weighted by Gasteiger charge is -2.38. The van der Waals surface area contributed by atoms with Crippen molar-refractivity contribution in [1.29, 1.82) is 0 Å². The van der Waals surface area contributed by atoms with Gasteiger partial charge in [-0.15, -0.1) is 0 Å². The van der Waals surface area contributed by atoms with Gasteiger partial charge in [-0.3, -0.25) is 4.79 Å². The van der Waals surface area contributed by atoms with Gasteiger partial charge in [0, 0.05) is 19.6 Å². The Balaban J connectivity index is 1.84. The Hall–Kier alpha value is -1.48. The third-order valence-electron chi connectivity index (χ3n) is 3.27. The van der Waals surface area contributed by atoms with Crippen LogP contribution in [-0.4, -0.2) is 39.6 Å². The summed E-state index contributed by atoms with van der Waals surface area (Å²) >= 11 is 0. The van der Waals surface area contributed by atoms with Crippen LogP contribution in [0.25, 0.3) is 0 Å². The van der Waals surface area contributed by atoms with Crippen LogP contribution in [0.15, 0.2) is 29.2 Å². The van der Waals surface area contributed by atoms with Crippen molar-refractivity contribution in [3.05, 3.63) is 29.8 Å². The lowest BCUT2D eigenvalue weighted by molar-refractivity contribution is -0.136. The van der Waals surface area contributed by atoms with E-state index in [2.05, 4.69) is 10.6 Å². The van der Waals surface area contributed by atoms with Crippen LogP contribution in [0.5, 0.6) is 0 Å². The highest BCUT2D eigenvalue weighted by molar-refractivity contribution is 7.89. The molecule has 4 N–H and O–H groups in total. The first kappa shape index (κ1) is 15.9. The lowest BCUT2D eigenvalue weighted by atomic mass is 10.0. The summed E-state index contributed by atoms with van der Waals surface area (Å²) in [4.78, 5) is 11.7. The zero-order valence-corrected chi connectivity index (χ0v) is 12.6. The van der Waals surface area contributed by atoms with Gasteiger partial charge in [0.05, 0.1) is 10.5 Å². The van der Waals surface area contributed by atoms with Crippen LogP contribution in [0.3, 0.4) is 0 Å². The summed E-state index contributed by atoms with van der Waals surface area (Å²) < 4.78 is 28.0. The van der Waals surface area contributed by atoms with Gasteiger partial charge in [0.2, 0.25) is 15.9 Å². The zero-order chi connectivity index (χ0) is 15.5. The highest BCUT2D eigenvalue weighted by atomic mass is 32.2. The third-order valence-corrected chi connectivity index (χ3v) is 4.18. The Morgan fingerprint density at radius 1 is 1.48 bits per heavy atom. The summed E-state index contributed by atoms with van der Waals surface area (Å²) in [6, 6.07) is 6.15. The van der Waals surface area contributed by atoms with Crippen molar-refractivity contribution in [2.24, 2.45) is 5.14 Å². The number of hydrogen-bond donors (Lipinski definition) is 3. The van der Waals surface area contributed by atoms with Crippen LogP contribution in [0.2, 0.25) is 0 Å². The van der Waals surface area contributed by atoms with Crippen LogP contribution in [0, 0.1) is 0 Å². The average molecular weight is 313 g/mol. The largest absolute Gasteiger partial charge is 0.363 e. The first-order chi connectivity index (χ1) is 9.78. The number of sulfonamides is 1. The molecule has 7 nitrogen and oxygen atoms in total. The van der Waals surface area contributed by atoms with Crippen LogP contribution in [0.1, 0.15) is 12.5 Å². The molecule has 1 aromatic carbocycles. The normalized spacial score (nSPS) is 17.0. The highest BCUT2D eigenvalue weighted by Gasteiger charge is 2.32. The Labute approximate surface area is 123 Å². The molecule has 1 aromatic rings. The summed E-state index contributed by atoms with van der Waals surface area (Å²) in [6.45, 7) is 3.60. The molecule has 1 saturated heterocycles. The predicted molar refractivity (Wildman–Crippen MR) is 76.9 cm³/mol. The number of ether oxygens (including phenoxy) is 1. The Morgan fingerprint density at radius 3 is 2.76 bits per heavy atom. The van der Waals surface area contributed by atoms with Crippen LogP contribution in [0.4, 0.5) is 0 Å². The van der Waals surface area contributed by atoms with Crippen molar-refractivity contribution >= 4 is 15.9 Å². The number of carbonyl (C=O) groups is 1. The number of nitrogens with one attached hydrogen (secondary N) is 2. The zero-order valence-electron chi connectivity index (χ0n) is 11.8. The van der Waals surface area contributed by atoms with E-state index < -0.39 is 10.0 Å². The fourth-order valence-electron chi connectivity index (χ4n) is 1.90. The lowest BCUT2D eigenvalue weighted by Crippen LogP contribution is -2.59. The van der Waals surface area contributed by atoms with Gasteiger partial charge in [0.25, 0.3) is 0 Å². The topological polar surface area (TPSA) is 111 Å². The molecule has 1 heterocycles. The average Bonchev–Trinajstić information content (AvgIpc) is 2.40. The highest BCUT2D eigenvalue weighted by Crippen LogP contribution is 2.14. The number of nitrogens with two attached hydrogens (primary N) is 1. The molecule has 0 aliphatic carbocycles. The summed E-state index contributed by atoms with van der Waals surface area (Å²) in [5.41, 5.74) is 0.386. The number of hydrogen-bond acceptors (Lipinski definition) is 5. The molecular formula is C13H19N3O4S. The number of amides is 1. The first-order valence-corrected chi connectivity index (χ1v) is 8.06. The van der Waals surface area contributed by atoms with Crippen LogP contribution >= 0.6 is 0 Å². The van der Waals surface area contributed by atoms with Crippen molar-refractivity contribution in [3.63, 3.8) is 0 Å². The number of carbonyl (C=O) groups excluding carboxylic acids is 1. The smallest absolute Gasteiger partial charge is 0.246 e. The quantitative estimate of drug-likeness (QED) is 0.645. The molecule has 0 radical (unpaired) electrons. The molecule has 116 valence electrons. The van der Waals surface area contributed by atoms with Gasteiger partial charge < -0.3 is 15.4 Å². The molecule has 1 amide bonds. The van der Waals surface area contributed by atoms with Gasteiger partial charge >= 0.3 is 0 Å². The van der Waals surface area contributed by atoms with Gasteiger partial charge in [0.15, 0.2) is 0 Å². The molecule has 0 aromatic heterocycles. The molecule has 0 saturated carbocycles. The summed E-state index contributed by atoms with van der Waals surface area (Å²) in [5.74, 6) is -0.246. The van der Waals surface area contributed by atoms with Gasteiger partial charge in [-0.05, 0) is 24.6 Å². The maximum absolute atomic E-state index is 11.7. The van der Waals surface area contributed by atoms with E-state index >= 15 is 0 Å². The molecule has 0 bridgehead atoms. The van der Waals surface area contributed by atoms with E-state index in [1.807, 2.05) is 6.92 Å². The maximum Gasteiger partial charge on any atom is 0.246 e.